The Kier molecular flexibility index (Phi) is 5.28. The van der Waals surface area contributed by atoms with Crippen molar-refractivity contribution in [2.75, 3.05) is 39.3 Å². The first kappa shape index (κ1) is 16.0. The highest BCUT2D eigenvalue weighted by Crippen LogP contribution is 2.13. The average molecular weight is 315 g/mol. The Labute approximate surface area is 137 Å². The molecule has 0 atom stereocenters. The van der Waals surface area contributed by atoms with Gasteiger partial charge < -0.3 is 15.1 Å². The Bertz CT molecular complexity index is 534. The van der Waals surface area contributed by atoms with Crippen molar-refractivity contribution in [3.63, 3.8) is 0 Å². The molecule has 1 aromatic carbocycles. The lowest BCUT2D eigenvalue weighted by molar-refractivity contribution is -0.143. The Morgan fingerprint density at radius 1 is 1.00 bits per heavy atom. The van der Waals surface area contributed by atoms with E-state index in [0.29, 0.717) is 32.6 Å². The van der Waals surface area contributed by atoms with Crippen molar-refractivity contribution in [2.24, 2.45) is 5.92 Å². The number of hydrogen-bond acceptors (Lipinski definition) is 3. The summed E-state index contributed by atoms with van der Waals surface area (Å²) in [6.45, 7) is 4.32. The third-order valence-electron chi connectivity index (χ3n) is 4.77. The molecule has 0 aliphatic carbocycles. The predicted molar refractivity (Wildman–Crippen MR) is 88.9 cm³/mol. The van der Waals surface area contributed by atoms with Gasteiger partial charge in [0.25, 0.3) is 0 Å². The molecule has 0 spiro atoms. The molecule has 1 aromatic rings. The van der Waals surface area contributed by atoms with Crippen LogP contribution in [0.2, 0.25) is 0 Å². The Hall–Kier alpha value is -1.88. The summed E-state index contributed by atoms with van der Waals surface area (Å²) < 4.78 is 0. The first-order valence-electron chi connectivity index (χ1n) is 8.55. The zero-order valence-electron chi connectivity index (χ0n) is 13.5. The van der Waals surface area contributed by atoms with Crippen LogP contribution < -0.4 is 5.32 Å². The summed E-state index contributed by atoms with van der Waals surface area (Å²) in [6.07, 6.45) is 2.42. The van der Waals surface area contributed by atoms with Gasteiger partial charge in [-0.05, 0) is 18.4 Å². The first-order valence-corrected chi connectivity index (χ1v) is 8.55. The molecule has 124 valence electrons. The first-order chi connectivity index (χ1) is 11.2. The van der Waals surface area contributed by atoms with Crippen molar-refractivity contribution in [2.45, 2.75) is 19.3 Å². The smallest absolute Gasteiger partial charge is 0.228 e. The van der Waals surface area contributed by atoms with Gasteiger partial charge in [0.15, 0.2) is 0 Å². The molecule has 2 fully saturated rings. The lowest BCUT2D eigenvalue weighted by Gasteiger charge is -2.38. The molecule has 0 unspecified atom stereocenters. The van der Waals surface area contributed by atoms with Crippen molar-refractivity contribution in [1.29, 1.82) is 0 Å². The highest BCUT2D eigenvalue weighted by atomic mass is 16.2. The summed E-state index contributed by atoms with van der Waals surface area (Å²) in [5.41, 5.74) is 1.28. The van der Waals surface area contributed by atoms with Crippen LogP contribution in [0.4, 0.5) is 0 Å². The van der Waals surface area contributed by atoms with Crippen LogP contribution in [0.15, 0.2) is 30.3 Å². The molecule has 1 N–H and O–H groups in total. The fraction of sp³-hybridized carbons (Fsp3) is 0.556. The third-order valence-corrected chi connectivity index (χ3v) is 4.77. The highest BCUT2D eigenvalue weighted by Gasteiger charge is 2.31. The van der Waals surface area contributed by atoms with Crippen LogP contribution in [0.1, 0.15) is 18.4 Å². The maximum absolute atomic E-state index is 12.3. The summed E-state index contributed by atoms with van der Waals surface area (Å²) in [5, 5.41) is 3.13. The van der Waals surface area contributed by atoms with E-state index in [1.807, 2.05) is 28.0 Å². The summed E-state index contributed by atoms with van der Waals surface area (Å²) in [4.78, 5) is 28.3. The molecule has 2 saturated heterocycles. The number of rotatable bonds is 5. The van der Waals surface area contributed by atoms with Crippen molar-refractivity contribution in [3.05, 3.63) is 35.9 Å². The number of carbonyl (C=O) groups is 2. The molecule has 0 saturated carbocycles. The molecule has 23 heavy (non-hydrogen) atoms. The van der Waals surface area contributed by atoms with Gasteiger partial charge in [0.2, 0.25) is 11.8 Å². The van der Waals surface area contributed by atoms with Gasteiger partial charge in [-0.1, -0.05) is 30.3 Å². The standard InChI is InChI=1S/C18H25N3O2/c22-17(8-4-7-15-5-2-1-3-6-15)20-9-11-21(12-10-20)18(23)16-13-19-14-16/h1-3,5-6,16,19H,4,7-14H2. The largest absolute Gasteiger partial charge is 0.339 e. The van der Waals surface area contributed by atoms with Gasteiger partial charge in [0.1, 0.15) is 0 Å². The van der Waals surface area contributed by atoms with Crippen LogP contribution in [-0.4, -0.2) is 60.9 Å². The molecular formula is C18H25N3O2. The monoisotopic (exact) mass is 315 g/mol. The third kappa shape index (κ3) is 4.10. The second-order valence-corrected chi connectivity index (χ2v) is 6.40. The molecule has 5 nitrogen and oxygen atoms in total. The number of amides is 2. The number of aryl methyl sites for hydroxylation is 1. The highest BCUT2D eigenvalue weighted by molar-refractivity contribution is 5.81. The molecule has 0 bridgehead atoms. The van der Waals surface area contributed by atoms with E-state index in [-0.39, 0.29) is 17.7 Å². The Morgan fingerprint density at radius 3 is 2.26 bits per heavy atom. The van der Waals surface area contributed by atoms with Crippen LogP contribution in [0.25, 0.3) is 0 Å². The number of nitrogens with one attached hydrogen (secondary N) is 1. The van der Waals surface area contributed by atoms with Crippen molar-refractivity contribution in [3.8, 4) is 0 Å². The quantitative estimate of drug-likeness (QED) is 0.878. The maximum atomic E-state index is 12.3. The molecule has 2 amide bonds. The van der Waals surface area contributed by atoms with Gasteiger partial charge >= 0.3 is 0 Å². The minimum absolute atomic E-state index is 0.156. The minimum atomic E-state index is 0.156. The predicted octanol–water partition coefficient (Wildman–Crippen LogP) is 0.900. The maximum Gasteiger partial charge on any atom is 0.228 e. The second-order valence-electron chi connectivity index (χ2n) is 6.40. The van der Waals surface area contributed by atoms with E-state index >= 15 is 0 Å². The topological polar surface area (TPSA) is 52.7 Å². The minimum Gasteiger partial charge on any atom is -0.339 e. The van der Waals surface area contributed by atoms with E-state index in [1.54, 1.807) is 0 Å². The number of carbonyl (C=O) groups excluding carboxylic acids is 2. The van der Waals surface area contributed by atoms with E-state index in [4.69, 9.17) is 0 Å². The van der Waals surface area contributed by atoms with E-state index < -0.39 is 0 Å². The van der Waals surface area contributed by atoms with E-state index in [0.717, 1.165) is 25.9 Å². The van der Waals surface area contributed by atoms with E-state index in [1.165, 1.54) is 5.56 Å². The van der Waals surface area contributed by atoms with Gasteiger partial charge in [-0.25, -0.2) is 0 Å². The van der Waals surface area contributed by atoms with Crippen LogP contribution in [-0.2, 0) is 16.0 Å². The fourth-order valence-electron chi connectivity index (χ4n) is 3.14. The molecule has 2 heterocycles. The Morgan fingerprint density at radius 2 is 1.65 bits per heavy atom. The molecule has 5 heteroatoms. The lowest BCUT2D eigenvalue weighted by atomic mass is 10.0. The van der Waals surface area contributed by atoms with Crippen LogP contribution >= 0.6 is 0 Å². The van der Waals surface area contributed by atoms with Gasteiger partial charge in [-0.15, -0.1) is 0 Å². The second kappa shape index (κ2) is 7.59. The molecule has 0 radical (unpaired) electrons. The van der Waals surface area contributed by atoms with Crippen molar-refractivity contribution in [1.82, 2.24) is 15.1 Å². The van der Waals surface area contributed by atoms with Crippen LogP contribution in [0.3, 0.4) is 0 Å². The average Bonchev–Trinajstić information content (AvgIpc) is 2.54. The van der Waals surface area contributed by atoms with Crippen LogP contribution in [0.5, 0.6) is 0 Å². The van der Waals surface area contributed by atoms with Gasteiger partial charge in [0, 0.05) is 45.7 Å². The van der Waals surface area contributed by atoms with Gasteiger partial charge in [-0.2, -0.15) is 0 Å². The number of nitrogens with zero attached hydrogens (tertiary/aromatic N) is 2. The molecule has 2 aliphatic rings. The summed E-state index contributed by atoms with van der Waals surface area (Å²) in [7, 11) is 0. The van der Waals surface area contributed by atoms with Crippen molar-refractivity contribution < 1.29 is 9.59 Å². The SMILES string of the molecule is O=C(CCCc1ccccc1)N1CCN(C(=O)C2CNC2)CC1. The number of hydrogen-bond donors (Lipinski definition) is 1. The molecule has 0 aromatic heterocycles. The zero-order chi connectivity index (χ0) is 16.1. The molecule has 3 rings (SSSR count). The molecular weight excluding hydrogens is 290 g/mol. The van der Waals surface area contributed by atoms with Crippen LogP contribution in [0, 0.1) is 5.92 Å². The summed E-state index contributed by atoms with van der Waals surface area (Å²) in [6, 6.07) is 10.3. The van der Waals surface area contributed by atoms with Crippen molar-refractivity contribution >= 4 is 11.8 Å². The normalized spacial score (nSPS) is 18.6. The van der Waals surface area contributed by atoms with E-state index in [2.05, 4.69) is 17.4 Å². The molecule has 2 aliphatic heterocycles. The van der Waals surface area contributed by atoms with Gasteiger partial charge in [-0.3, -0.25) is 9.59 Å². The summed E-state index contributed by atoms with van der Waals surface area (Å²) in [5.74, 6) is 0.626. The number of benzene rings is 1. The zero-order valence-corrected chi connectivity index (χ0v) is 13.5. The van der Waals surface area contributed by atoms with Gasteiger partial charge in [0.05, 0.1) is 5.92 Å². The Balaban J connectivity index is 1.37. The van der Waals surface area contributed by atoms with E-state index in [9.17, 15) is 9.59 Å². The number of piperazine rings is 1. The fourth-order valence-corrected chi connectivity index (χ4v) is 3.14. The summed E-state index contributed by atoms with van der Waals surface area (Å²) >= 11 is 0. The lowest BCUT2D eigenvalue weighted by Crippen LogP contribution is -2.57.